The van der Waals surface area contributed by atoms with Gasteiger partial charge in [-0.3, -0.25) is 0 Å². The van der Waals surface area contributed by atoms with Crippen molar-refractivity contribution in [2.75, 3.05) is 0 Å². The molecular formula is C66H68B2Si. The van der Waals surface area contributed by atoms with E-state index in [0.29, 0.717) is 0 Å². The number of hydrogen-bond donors (Lipinski definition) is 0. The lowest BCUT2D eigenvalue weighted by atomic mass is 9.34. The summed E-state index contributed by atoms with van der Waals surface area (Å²) in [5.41, 5.74) is 32.3. The van der Waals surface area contributed by atoms with Gasteiger partial charge in [-0.2, -0.15) is 0 Å². The second kappa shape index (κ2) is 18.8. The van der Waals surface area contributed by atoms with Crippen molar-refractivity contribution in [3.8, 4) is 0 Å². The molecule has 3 heteroatoms. The molecule has 1 aliphatic heterocycles. The molecule has 0 unspecified atom stereocenters. The van der Waals surface area contributed by atoms with Crippen molar-refractivity contribution in [3.63, 3.8) is 0 Å². The first-order valence-corrected chi connectivity index (χ1v) is 28.1. The lowest BCUT2D eigenvalue weighted by molar-refractivity contribution is 1.34. The van der Waals surface area contributed by atoms with E-state index in [2.05, 4.69) is 254 Å². The minimum absolute atomic E-state index is 0.118. The van der Waals surface area contributed by atoms with E-state index in [1.807, 2.05) is 0 Å². The number of aryl methyl sites for hydroxylation is 12. The maximum absolute atomic E-state index is 2.60. The lowest BCUT2D eigenvalue weighted by Crippen LogP contribution is -2.55. The zero-order valence-electron chi connectivity index (χ0n) is 43.7. The zero-order chi connectivity index (χ0) is 49.1. The predicted molar refractivity (Wildman–Crippen MR) is 309 cm³/mol. The topological polar surface area (TPSA) is 0 Å². The van der Waals surface area contributed by atoms with Crippen LogP contribution in [0.5, 0.6) is 0 Å². The number of allylic oxidation sites excluding steroid dienone is 2. The Labute approximate surface area is 416 Å². The maximum atomic E-state index is 2.60. The summed E-state index contributed by atoms with van der Waals surface area (Å²) in [5, 5.41) is 2.99. The van der Waals surface area contributed by atoms with Crippen LogP contribution in [0.4, 0.5) is 0 Å². The molecule has 0 nitrogen and oxygen atoms in total. The zero-order valence-corrected chi connectivity index (χ0v) is 44.7. The van der Waals surface area contributed by atoms with Crippen molar-refractivity contribution in [1.29, 1.82) is 0 Å². The second-order valence-corrected chi connectivity index (χ2v) is 25.5. The molecule has 1 heterocycles. The summed E-state index contributed by atoms with van der Waals surface area (Å²) in [6, 6.07) is 61.1. The van der Waals surface area contributed by atoms with Crippen molar-refractivity contribution in [1.82, 2.24) is 0 Å². The number of benzene rings is 8. The average Bonchev–Trinajstić information content (AvgIpc) is 3.54. The van der Waals surface area contributed by atoms with Gasteiger partial charge in [0.25, 0.3) is 0 Å². The third-order valence-electron chi connectivity index (χ3n) is 15.3. The third kappa shape index (κ3) is 8.81. The summed E-state index contributed by atoms with van der Waals surface area (Å²) in [7, 11) is -2.45. The van der Waals surface area contributed by atoms with Crippen molar-refractivity contribution < 1.29 is 0 Å². The Morgan fingerprint density at radius 1 is 0.275 bits per heavy atom. The Hall–Kier alpha value is -6.41. The summed E-state index contributed by atoms with van der Waals surface area (Å²) in [6.45, 7) is 32.8. The fourth-order valence-electron chi connectivity index (χ4n) is 13.0. The third-order valence-corrected chi connectivity index (χ3v) is 18.9. The first kappa shape index (κ1) is 47.6. The van der Waals surface area contributed by atoms with Gasteiger partial charge in [-0.1, -0.05) is 270 Å². The van der Waals surface area contributed by atoms with Crippen LogP contribution < -0.4 is 32.8 Å². The molecule has 0 bridgehead atoms. The summed E-state index contributed by atoms with van der Waals surface area (Å²) >= 11 is 0. The van der Waals surface area contributed by atoms with Gasteiger partial charge in [0.15, 0.2) is 0 Å². The second-order valence-electron chi connectivity index (χ2n) is 21.2. The number of hydrogen-bond acceptors (Lipinski definition) is 0. The largest absolute Gasteiger partial charge is 0.242 e. The normalized spacial score (nSPS) is 13.4. The highest BCUT2D eigenvalue weighted by atomic mass is 28.3. The van der Waals surface area contributed by atoms with E-state index in [-0.39, 0.29) is 13.4 Å². The van der Waals surface area contributed by atoms with Crippen LogP contribution in [0.3, 0.4) is 0 Å². The molecule has 0 saturated heterocycles. The monoisotopic (exact) mass is 911 g/mol. The van der Waals surface area contributed by atoms with Gasteiger partial charge in [-0.05, 0) is 127 Å². The quantitative estimate of drug-likeness (QED) is 0.120. The highest BCUT2D eigenvalue weighted by molar-refractivity contribution is 7.13. The molecule has 0 N–H and O–H groups in total. The van der Waals surface area contributed by atoms with Gasteiger partial charge in [-0.15, -0.1) is 0 Å². The molecule has 0 radical (unpaired) electrons. The van der Waals surface area contributed by atoms with E-state index < -0.39 is 8.07 Å². The van der Waals surface area contributed by atoms with Crippen LogP contribution in [0.15, 0.2) is 158 Å². The Balaban J connectivity index is 1.24. The Morgan fingerprint density at radius 3 is 0.739 bits per heavy atom. The van der Waals surface area contributed by atoms with Crippen LogP contribution >= 0.6 is 0 Å². The van der Waals surface area contributed by atoms with Crippen LogP contribution in [0.25, 0.3) is 21.5 Å². The minimum Gasteiger partial charge on any atom is -0.0686 e. The van der Waals surface area contributed by atoms with Crippen molar-refractivity contribution in [2.45, 2.75) is 96.2 Å². The van der Waals surface area contributed by atoms with E-state index in [0.717, 1.165) is 0 Å². The molecular weight excluding hydrogens is 842 g/mol. The van der Waals surface area contributed by atoms with E-state index in [9.17, 15) is 0 Å². The molecule has 0 saturated carbocycles. The van der Waals surface area contributed by atoms with Gasteiger partial charge >= 0.3 is 0 Å². The molecule has 0 atom stereocenters. The van der Waals surface area contributed by atoms with Crippen LogP contribution in [0.2, 0.25) is 13.1 Å². The highest BCUT2D eigenvalue weighted by Gasteiger charge is 2.44. The first-order valence-electron chi connectivity index (χ1n) is 25.1. The maximum Gasteiger partial charge on any atom is 0.242 e. The minimum atomic E-state index is -2.45. The van der Waals surface area contributed by atoms with E-state index in [4.69, 9.17) is 0 Å². The van der Waals surface area contributed by atoms with Crippen molar-refractivity contribution in [3.05, 3.63) is 247 Å². The van der Waals surface area contributed by atoms with Gasteiger partial charge in [0, 0.05) is 0 Å². The molecule has 0 fully saturated rings. The molecule has 0 aromatic heterocycles. The van der Waals surface area contributed by atoms with Gasteiger partial charge in [0.05, 0.1) is 0 Å². The molecule has 342 valence electrons. The Morgan fingerprint density at radius 2 is 0.507 bits per heavy atom. The highest BCUT2D eigenvalue weighted by Crippen LogP contribution is 2.55. The van der Waals surface area contributed by atoms with E-state index >= 15 is 0 Å². The molecule has 8 aromatic rings. The summed E-state index contributed by atoms with van der Waals surface area (Å²) in [4.78, 5) is 0. The van der Waals surface area contributed by atoms with Gasteiger partial charge < -0.3 is 0 Å². The molecule has 0 amide bonds. The number of rotatable bonds is 10. The van der Waals surface area contributed by atoms with E-state index in [1.165, 1.54) is 143 Å². The predicted octanol–water partition coefficient (Wildman–Crippen LogP) is 12.7. The fraction of sp³-hybridized carbons (Fsp3) is 0.212. The smallest absolute Gasteiger partial charge is 0.0686 e. The van der Waals surface area contributed by atoms with Gasteiger partial charge in [-0.25, -0.2) is 0 Å². The van der Waals surface area contributed by atoms with Crippen LogP contribution in [0.1, 0.15) is 89.0 Å². The molecule has 9 rings (SSSR count). The summed E-state index contributed by atoms with van der Waals surface area (Å²) in [6.07, 6.45) is 0. The first-order chi connectivity index (χ1) is 32.9. The molecule has 0 aliphatic carbocycles. The standard InChI is InChI=1S/C66H68B2Si/c1-41-33-45(5)61(46(6)34-41)67(62-47(7)35-42(2)36-48(62)8)57-29-25-55(26-30-57)65-59(53-21-17-15-18-22-53)60(54-23-19-16-20-24-54)66(69(65,13)14)56-27-31-58(32-28-56)68(63-49(9)37-43(3)38-50(63)10)64-51(11)39-44(4)40-52(64)12/h15-40H,1-14H3. The SMILES string of the molecule is Cc1cc(C)c(B(c2ccc(C3=C(c4ccccc4)C(c4ccccc4)=C(c4ccc(B(c5c(C)cc(C)cc5C)c5c(C)cc(C)cc5C)cc4)[Si]3(C)C)cc2)c2c(C)cc(C)cc2C)c(C)c1. The van der Waals surface area contributed by atoms with Crippen molar-refractivity contribution in [2.24, 2.45) is 0 Å². The van der Waals surface area contributed by atoms with Crippen LogP contribution in [-0.2, 0) is 0 Å². The Bertz CT molecular complexity index is 2900. The van der Waals surface area contributed by atoms with Gasteiger partial charge in [0.1, 0.15) is 8.07 Å². The summed E-state index contributed by atoms with van der Waals surface area (Å²) < 4.78 is 0. The fourth-order valence-corrected chi connectivity index (χ4v) is 16.8. The molecule has 1 aliphatic rings. The van der Waals surface area contributed by atoms with E-state index in [1.54, 1.807) is 0 Å². The van der Waals surface area contributed by atoms with Crippen molar-refractivity contribution >= 4 is 75.8 Å². The van der Waals surface area contributed by atoms with Crippen LogP contribution in [-0.4, -0.2) is 21.5 Å². The van der Waals surface area contributed by atoms with Crippen LogP contribution in [0, 0.1) is 83.1 Å². The average molecular weight is 911 g/mol. The lowest BCUT2D eigenvalue weighted by Gasteiger charge is -2.28. The van der Waals surface area contributed by atoms with Gasteiger partial charge in [0.2, 0.25) is 13.4 Å². The molecule has 8 aromatic carbocycles. The summed E-state index contributed by atoms with van der Waals surface area (Å²) in [5.74, 6) is 0. The molecule has 0 spiro atoms. The Kier molecular flexibility index (Phi) is 13.0. The molecule has 69 heavy (non-hydrogen) atoms.